The number of allylic oxidation sites excluding steroid dienone is 8. The molecule has 0 saturated heterocycles. The van der Waals surface area contributed by atoms with Crippen molar-refractivity contribution in [3.05, 3.63) is 48.6 Å². The third kappa shape index (κ3) is 47.9. The number of rotatable bonds is 49. The third-order valence-electron chi connectivity index (χ3n) is 11.0. The van der Waals surface area contributed by atoms with E-state index in [4.69, 9.17) is 23.6 Å². The summed E-state index contributed by atoms with van der Waals surface area (Å²) in [5, 5.41) is 18.4. The second-order valence-electron chi connectivity index (χ2n) is 17.2. The van der Waals surface area contributed by atoms with Crippen LogP contribution in [0.2, 0.25) is 0 Å². The molecule has 0 fully saturated rings. The van der Waals surface area contributed by atoms with E-state index < -0.39 is 33.2 Å². The summed E-state index contributed by atoms with van der Waals surface area (Å²) in [6.07, 6.45) is 56.4. The maximum Gasteiger partial charge on any atom is 0.472 e. The number of esters is 1. The smallest absolute Gasteiger partial charge is 0.457 e. The van der Waals surface area contributed by atoms with Crippen LogP contribution >= 0.6 is 7.82 Å². The molecule has 0 saturated carbocycles. The van der Waals surface area contributed by atoms with Crippen molar-refractivity contribution in [1.82, 2.24) is 0 Å². The molecular weight excluding hydrogens is 800 g/mol. The highest BCUT2D eigenvalue weighted by Gasteiger charge is 2.26. The number of ether oxygens (including phenoxy) is 2. The normalized spacial score (nSPS) is 14.2. The van der Waals surface area contributed by atoms with Crippen LogP contribution in [0.3, 0.4) is 0 Å². The molecule has 0 aliphatic carbocycles. The Labute approximate surface area is 381 Å². The number of phosphoric acid groups is 1. The highest BCUT2D eigenvalue weighted by molar-refractivity contribution is 7.47. The zero-order valence-electron chi connectivity index (χ0n) is 40.1. The minimum absolute atomic E-state index is 0.0446. The summed E-state index contributed by atoms with van der Waals surface area (Å²) in [6.45, 7) is 3.50. The van der Waals surface area contributed by atoms with E-state index in [-0.39, 0.29) is 25.6 Å². The SMILES string of the molecule is CCCCC/C=C\C/C=C\CCCCCCCCCCOCC(COP(=O)(O)OCC(O)CO)OC(=O)CCCCCCCCCCCCC/C=C\C/C=C\CCCCCCC. The number of phosphoric ester groups is 1. The number of hydrogen-bond donors (Lipinski definition) is 3. The zero-order chi connectivity index (χ0) is 45.3. The summed E-state index contributed by atoms with van der Waals surface area (Å²) in [4.78, 5) is 22.7. The summed E-state index contributed by atoms with van der Waals surface area (Å²) in [6, 6.07) is 0. The molecular formula is C52H97O9P. The Morgan fingerprint density at radius 3 is 1.32 bits per heavy atom. The summed E-state index contributed by atoms with van der Waals surface area (Å²) in [7, 11) is -4.53. The zero-order valence-corrected chi connectivity index (χ0v) is 41.0. The first kappa shape index (κ1) is 60.4. The van der Waals surface area contributed by atoms with Gasteiger partial charge in [-0.25, -0.2) is 4.57 Å². The Balaban J connectivity index is 4.08. The van der Waals surface area contributed by atoms with Crippen LogP contribution in [0.4, 0.5) is 0 Å². The monoisotopic (exact) mass is 897 g/mol. The van der Waals surface area contributed by atoms with E-state index in [0.29, 0.717) is 6.61 Å². The van der Waals surface area contributed by atoms with E-state index in [0.717, 1.165) is 57.8 Å². The van der Waals surface area contributed by atoms with Crippen LogP contribution in [0.15, 0.2) is 48.6 Å². The summed E-state index contributed by atoms with van der Waals surface area (Å²) in [5.74, 6) is -0.385. The average Bonchev–Trinajstić information content (AvgIpc) is 3.26. The van der Waals surface area contributed by atoms with E-state index in [1.807, 2.05) is 0 Å². The molecule has 10 heteroatoms. The molecule has 364 valence electrons. The third-order valence-corrected chi connectivity index (χ3v) is 11.9. The van der Waals surface area contributed by atoms with Gasteiger partial charge in [-0.05, 0) is 77.0 Å². The Hall–Kier alpha value is -1.58. The predicted molar refractivity (Wildman–Crippen MR) is 260 cm³/mol. The molecule has 0 aromatic carbocycles. The van der Waals surface area contributed by atoms with Crippen LogP contribution in [-0.4, -0.2) is 66.3 Å². The Morgan fingerprint density at radius 2 is 0.871 bits per heavy atom. The topological polar surface area (TPSA) is 132 Å². The summed E-state index contributed by atoms with van der Waals surface area (Å²) in [5.41, 5.74) is 0. The molecule has 0 radical (unpaired) electrons. The Morgan fingerprint density at radius 1 is 0.500 bits per heavy atom. The van der Waals surface area contributed by atoms with E-state index >= 15 is 0 Å². The van der Waals surface area contributed by atoms with Gasteiger partial charge in [0.15, 0.2) is 0 Å². The van der Waals surface area contributed by atoms with Crippen molar-refractivity contribution >= 4 is 13.8 Å². The minimum atomic E-state index is -4.53. The van der Waals surface area contributed by atoms with Crippen molar-refractivity contribution in [2.75, 3.05) is 33.0 Å². The van der Waals surface area contributed by atoms with Gasteiger partial charge in [-0.3, -0.25) is 13.8 Å². The number of carbonyl (C=O) groups is 1. The van der Waals surface area contributed by atoms with Crippen LogP contribution in [-0.2, 0) is 27.9 Å². The standard InChI is InChI=1S/C52H97O9P/c1-3-5-7-9-11-13-15-17-19-21-23-24-25-26-27-28-30-32-34-36-38-40-42-44-52(55)61-51(49-60-62(56,57)59-47-50(54)46-53)48-58-45-43-41-39-37-35-33-31-29-22-20-18-16-14-12-10-8-6-4-2/h12,14-15,17-18,20-21,23,50-51,53-54H,3-11,13,16,19,22,24-49H2,1-2H3,(H,56,57)/b14-12-,17-15-,20-18-,23-21-. The molecule has 0 aromatic rings. The first-order chi connectivity index (χ1) is 30.3. The number of unbranched alkanes of at least 4 members (excludes halogenated alkanes) is 27. The van der Waals surface area contributed by atoms with Gasteiger partial charge in [0.2, 0.25) is 0 Å². The van der Waals surface area contributed by atoms with Gasteiger partial charge in [0.1, 0.15) is 12.2 Å². The summed E-state index contributed by atoms with van der Waals surface area (Å²) < 4.78 is 33.5. The first-order valence-corrected chi connectivity index (χ1v) is 27.1. The second kappa shape index (κ2) is 48.9. The second-order valence-corrected chi connectivity index (χ2v) is 18.6. The molecule has 0 heterocycles. The molecule has 0 aromatic heterocycles. The Bertz CT molecular complexity index is 1110. The van der Waals surface area contributed by atoms with Gasteiger partial charge in [-0.15, -0.1) is 0 Å². The number of aliphatic hydroxyl groups excluding tert-OH is 2. The van der Waals surface area contributed by atoms with Crippen molar-refractivity contribution < 1.29 is 43.0 Å². The van der Waals surface area contributed by atoms with Gasteiger partial charge < -0.3 is 24.6 Å². The van der Waals surface area contributed by atoms with Gasteiger partial charge in [-0.2, -0.15) is 0 Å². The van der Waals surface area contributed by atoms with E-state index in [1.165, 1.54) is 154 Å². The lowest BCUT2D eigenvalue weighted by atomic mass is 10.0. The van der Waals surface area contributed by atoms with E-state index in [9.17, 15) is 19.4 Å². The molecule has 3 atom stereocenters. The lowest BCUT2D eigenvalue weighted by Gasteiger charge is -2.20. The van der Waals surface area contributed by atoms with Crippen LogP contribution < -0.4 is 0 Å². The highest BCUT2D eigenvalue weighted by atomic mass is 31.2. The minimum Gasteiger partial charge on any atom is -0.457 e. The maximum atomic E-state index is 12.7. The van der Waals surface area contributed by atoms with Crippen molar-refractivity contribution in [3.8, 4) is 0 Å². The van der Waals surface area contributed by atoms with E-state index in [1.54, 1.807) is 0 Å². The lowest BCUT2D eigenvalue weighted by Crippen LogP contribution is -2.29. The number of carbonyl (C=O) groups excluding carboxylic acids is 1. The fraction of sp³-hybridized carbons (Fsp3) is 0.827. The summed E-state index contributed by atoms with van der Waals surface area (Å²) >= 11 is 0. The molecule has 0 spiro atoms. The van der Waals surface area contributed by atoms with Crippen molar-refractivity contribution in [2.24, 2.45) is 0 Å². The molecule has 0 aliphatic rings. The Kier molecular flexibility index (Phi) is 47.6. The van der Waals surface area contributed by atoms with Gasteiger partial charge >= 0.3 is 13.8 Å². The van der Waals surface area contributed by atoms with Gasteiger partial charge in [-0.1, -0.05) is 197 Å². The molecule has 9 nitrogen and oxygen atoms in total. The molecule has 0 amide bonds. The van der Waals surface area contributed by atoms with Gasteiger partial charge in [0.05, 0.1) is 26.4 Å². The molecule has 0 rings (SSSR count). The lowest BCUT2D eigenvalue weighted by molar-refractivity contribution is -0.154. The van der Waals surface area contributed by atoms with Crippen LogP contribution in [0, 0.1) is 0 Å². The molecule has 0 aliphatic heterocycles. The first-order valence-electron chi connectivity index (χ1n) is 25.6. The van der Waals surface area contributed by atoms with Crippen LogP contribution in [0.5, 0.6) is 0 Å². The average molecular weight is 897 g/mol. The van der Waals surface area contributed by atoms with Crippen LogP contribution in [0.25, 0.3) is 0 Å². The molecule has 0 bridgehead atoms. The maximum absolute atomic E-state index is 12.7. The quantitative estimate of drug-likeness (QED) is 0.0236. The van der Waals surface area contributed by atoms with Gasteiger partial charge in [0.25, 0.3) is 0 Å². The number of hydrogen-bond acceptors (Lipinski definition) is 8. The largest absolute Gasteiger partial charge is 0.472 e. The fourth-order valence-electron chi connectivity index (χ4n) is 7.06. The fourth-order valence-corrected chi connectivity index (χ4v) is 7.85. The predicted octanol–water partition coefficient (Wildman–Crippen LogP) is 14.9. The van der Waals surface area contributed by atoms with E-state index in [2.05, 4.69) is 62.5 Å². The molecule has 62 heavy (non-hydrogen) atoms. The van der Waals surface area contributed by atoms with Gasteiger partial charge in [0, 0.05) is 13.0 Å². The van der Waals surface area contributed by atoms with Crippen LogP contribution in [0.1, 0.15) is 232 Å². The highest BCUT2D eigenvalue weighted by Crippen LogP contribution is 2.43. The van der Waals surface area contributed by atoms with Crippen molar-refractivity contribution in [3.63, 3.8) is 0 Å². The number of aliphatic hydroxyl groups is 2. The molecule has 3 unspecified atom stereocenters. The molecule has 3 N–H and O–H groups in total. The van der Waals surface area contributed by atoms with Crippen molar-refractivity contribution in [1.29, 1.82) is 0 Å². The van der Waals surface area contributed by atoms with Crippen molar-refractivity contribution in [2.45, 2.75) is 244 Å².